The maximum atomic E-state index is 5.69. The SMILES string of the molecule is CC(C)COOC(C)(C)c1cccc(C(C)(C)OOC(C)(C)C)c1. The highest BCUT2D eigenvalue weighted by Gasteiger charge is 2.29. The van der Waals surface area contributed by atoms with Crippen LogP contribution in [0.2, 0.25) is 0 Å². The first-order valence-electron chi connectivity index (χ1n) is 8.62. The van der Waals surface area contributed by atoms with Gasteiger partial charge in [-0.2, -0.15) is 0 Å². The number of hydrogen-bond acceptors (Lipinski definition) is 4. The largest absolute Gasteiger partial charge is 0.236 e. The summed E-state index contributed by atoms with van der Waals surface area (Å²) in [6.07, 6.45) is 0. The van der Waals surface area contributed by atoms with E-state index in [4.69, 9.17) is 19.6 Å². The summed E-state index contributed by atoms with van der Waals surface area (Å²) in [5, 5.41) is 0. The second-order valence-corrected chi connectivity index (χ2v) is 8.64. The molecule has 138 valence electrons. The van der Waals surface area contributed by atoms with Crippen molar-refractivity contribution in [1.29, 1.82) is 0 Å². The Balaban J connectivity index is 2.88. The highest BCUT2D eigenvalue weighted by atomic mass is 17.2. The van der Waals surface area contributed by atoms with Crippen LogP contribution >= 0.6 is 0 Å². The van der Waals surface area contributed by atoms with E-state index in [1.54, 1.807) is 0 Å². The fourth-order valence-corrected chi connectivity index (χ4v) is 1.91. The van der Waals surface area contributed by atoms with Crippen LogP contribution < -0.4 is 0 Å². The molecule has 0 spiro atoms. The molecule has 4 nitrogen and oxygen atoms in total. The second kappa shape index (κ2) is 7.96. The van der Waals surface area contributed by atoms with Crippen LogP contribution in [0.25, 0.3) is 0 Å². The lowest BCUT2D eigenvalue weighted by Gasteiger charge is -2.30. The lowest BCUT2D eigenvalue weighted by molar-refractivity contribution is -0.401. The van der Waals surface area contributed by atoms with Crippen LogP contribution in [-0.2, 0) is 30.8 Å². The lowest BCUT2D eigenvalue weighted by atomic mass is 9.91. The molecule has 0 heterocycles. The van der Waals surface area contributed by atoms with Gasteiger partial charge in [0.15, 0.2) is 0 Å². The Kier molecular flexibility index (Phi) is 7.00. The zero-order valence-corrected chi connectivity index (χ0v) is 16.7. The summed E-state index contributed by atoms with van der Waals surface area (Å²) in [4.78, 5) is 22.2. The molecular weight excluding hydrogens is 304 g/mol. The Bertz CT molecular complexity index is 513. The average molecular weight is 338 g/mol. The molecule has 0 atom stereocenters. The van der Waals surface area contributed by atoms with E-state index in [0.29, 0.717) is 12.5 Å². The minimum Gasteiger partial charge on any atom is -0.236 e. The molecule has 0 saturated heterocycles. The van der Waals surface area contributed by atoms with Crippen molar-refractivity contribution in [2.75, 3.05) is 6.61 Å². The summed E-state index contributed by atoms with van der Waals surface area (Å²) < 4.78 is 0. The molecule has 0 fully saturated rings. The van der Waals surface area contributed by atoms with E-state index in [1.165, 1.54) is 0 Å². The summed E-state index contributed by atoms with van der Waals surface area (Å²) in [7, 11) is 0. The van der Waals surface area contributed by atoms with Crippen molar-refractivity contribution in [3.63, 3.8) is 0 Å². The number of hydrogen-bond donors (Lipinski definition) is 0. The summed E-state index contributed by atoms with van der Waals surface area (Å²) in [5.41, 5.74) is 0.562. The van der Waals surface area contributed by atoms with Gasteiger partial charge >= 0.3 is 0 Å². The Hall–Kier alpha value is -0.940. The Morgan fingerprint density at radius 2 is 1.29 bits per heavy atom. The first kappa shape index (κ1) is 21.1. The highest BCUT2D eigenvalue weighted by molar-refractivity contribution is 5.30. The molecule has 0 N–H and O–H groups in total. The number of benzene rings is 1. The molecule has 0 aliphatic rings. The molecule has 0 unspecified atom stereocenters. The van der Waals surface area contributed by atoms with Gasteiger partial charge in [0.2, 0.25) is 0 Å². The third kappa shape index (κ3) is 6.89. The predicted molar refractivity (Wildman–Crippen MR) is 96.3 cm³/mol. The fourth-order valence-electron chi connectivity index (χ4n) is 1.91. The van der Waals surface area contributed by atoms with Gasteiger partial charge in [-0.1, -0.05) is 32.0 Å². The Morgan fingerprint density at radius 1 is 0.792 bits per heavy atom. The summed E-state index contributed by atoms with van der Waals surface area (Å²) in [6.45, 7) is 18.6. The van der Waals surface area contributed by atoms with Crippen molar-refractivity contribution in [1.82, 2.24) is 0 Å². The van der Waals surface area contributed by atoms with Gasteiger partial charge in [0.05, 0.1) is 12.2 Å². The standard InChI is InChI=1S/C20H34O4/c1-15(2)14-21-23-19(6,7)16-11-10-12-17(13-16)20(8,9)24-22-18(3,4)5/h10-13,15H,14H2,1-9H3. The molecule has 0 amide bonds. The van der Waals surface area contributed by atoms with Crippen LogP contribution in [-0.4, -0.2) is 12.2 Å². The van der Waals surface area contributed by atoms with Crippen molar-refractivity contribution in [3.05, 3.63) is 35.4 Å². The van der Waals surface area contributed by atoms with E-state index in [1.807, 2.05) is 66.7 Å². The van der Waals surface area contributed by atoms with Gasteiger partial charge in [-0.25, -0.2) is 19.6 Å². The first-order valence-corrected chi connectivity index (χ1v) is 8.62. The van der Waals surface area contributed by atoms with E-state index in [-0.39, 0.29) is 5.60 Å². The summed E-state index contributed by atoms with van der Waals surface area (Å²) in [6, 6.07) is 8.13. The van der Waals surface area contributed by atoms with Crippen LogP contribution in [0.3, 0.4) is 0 Å². The van der Waals surface area contributed by atoms with Crippen LogP contribution in [0.1, 0.15) is 73.4 Å². The maximum absolute atomic E-state index is 5.69. The predicted octanol–water partition coefficient (Wildman–Crippen LogP) is 5.51. The van der Waals surface area contributed by atoms with Crippen molar-refractivity contribution < 1.29 is 19.6 Å². The lowest BCUT2D eigenvalue weighted by Crippen LogP contribution is -2.29. The maximum Gasteiger partial charge on any atom is 0.123 e. The van der Waals surface area contributed by atoms with E-state index in [2.05, 4.69) is 19.9 Å². The molecular formula is C20H34O4. The topological polar surface area (TPSA) is 36.9 Å². The van der Waals surface area contributed by atoms with Gasteiger partial charge in [0, 0.05) is 0 Å². The zero-order chi connectivity index (χ0) is 18.6. The van der Waals surface area contributed by atoms with Gasteiger partial charge in [0.25, 0.3) is 0 Å². The quantitative estimate of drug-likeness (QED) is 0.463. The molecule has 0 radical (unpaired) electrons. The van der Waals surface area contributed by atoms with Crippen LogP contribution in [0, 0.1) is 5.92 Å². The van der Waals surface area contributed by atoms with Gasteiger partial charge in [-0.05, 0) is 71.6 Å². The van der Waals surface area contributed by atoms with Crippen molar-refractivity contribution in [3.8, 4) is 0 Å². The van der Waals surface area contributed by atoms with E-state index in [9.17, 15) is 0 Å². The smallest absolute Gasteiger partial charge is 0.123 e. The Morgan fingerprint density at radius 3 is 1.75 bits per heavy atom. The molecule has 1 rings (SSSR count). The molecule has 0 saturated carbocycles. The summed E-state index contributed by atoms with van der Waals surface area (Å²) in [5.74, 6) is 0.425. The van der Waals surface area contributed by atoms with E-state index in [0.717, 1.165) is 11.1 Å². The molecule has 24 heavy (non-hydrogen) atoms. The monoisotopic (exact) mass is 338 g/mol. The normalized spacial score (nSPS) is 13.6. The van der Waals surface area contributed by atoms with Gasteiger partial charge < -0.3 is 0 Å². The molecule has 0 bridgehead atoms. The number of rotatable bonds is 8. The first-order chi connectivity index (χ1) is 10.8. The van der Waals surface area contributed by atoms with Gasteiger partial charge in [0.1, 0.15) is 11.2 Å². The summed E-state index contributed by atoms with van der Waals surface area (Å²) >= 11 is 0. The second-order valence-electron chi connectivity index (χ2n) is 8.64. The average Bonchev–Trinajstić information content (AvgIpc) is 2.44. The third-order valence-electron chi connectivity index (χ3n) is 3.42. The molecule has 0 aromatic heterocycles. The minimum absolute atomic E-state index is 0.359. The van der Waals surface area contributed by atoms with E-state index < -0.39 is 11.2 Å². The van der Waals surface area contributed by atoms with E-state index >= 15 is 0 Å². The zero-order valence-electron chi connectivity index (χ0n) is 16.7. The fraction of sp³-hybridized carbons (Fsp3) is 0.700. The van der Waals surface area contributed by atoms with Crippen LogP contribution in [0.5, 0.6) is 0 Å². The molecule has 1 aromatic carbocycles. The molecule has 0 aliphatic carbocycles. The third-order valence-corrected chi connectivity index (χ3v) is 3.42. The van der Waals surface area contributed by atoms with Gasteiger partial charge in [-0.15, -0.1) is 0 Å². The minimum atomic E-state index is -0.571. The van der Waals surface area contributed by atoms with Crippen molar-refractivity contribution in [2.24, 2.45) is 5.92 Å². The highest BCUT2D eigenvalue weighted by Crippen LogP contribution is 2.32. The van der Waals surface area contributed by atoms with Gasteiger partial charge in [-0.3, -0.25) is 0 Å². The molecule has 4 heteroatoms. The van der Waals surface area contributed by atoms with Crippen molar-refractivity contribution >= 4 is 0 Å². The molecule has 0 aliphatic heterocycles. The molecule has 1 aromatic rings. The van der Waals surface area contributed by atoms with Crippen LogP contribution in [0.4, 0.5) is 0 Å². The van der Waals surface area contributed by atoms with Crippen molar-refractivity contribution in [2.45, 2.75) is 79.1 Å². The Labute approximate surface area is 147 Å². The van der Waals surface area contributed by atoms with Crippen LogP contribution in [0.15, 0.2) is 24.3 Å².